The molecule has 0 saturated heterocycles. The van der Waals surface area contributed by atoms with Crippen LogP contribution in [0.3, 0.4) is 0 Å². The molecular formula is C17H34N2O5. The molecule has 0 aromatic rings. The smallest absolute Gasteiger partial charge is 0.220 e. The zero-order chi connectivity index (χ0) is 18.3. The highest BCUT2D eigenvalue weighted by Gasteiger charge is 2.33. The van der Waals surface area contributed by atoms with Crippen molar-refractivity contribution in [3.8, 4) is 0 Å². The van der Waals surface area contributed by atoms with E-state index in [1.165, 1.54) is 0 Å². The van der Waals surface area contributed by atoms with Crippen molar-refractivity contribution in [2.75, 3.05) is 46.2 Å². The van der Waals surface area contributed by atoms with Gasteiger partial charge >= 0.3 is 0 Å². The van der Waals surface area contributed by atoms with Gasteiger partial charge in [-0.05, 0) is 34.1 Å². The summed E-state index contributed by atoms with van der Waals surface area (Å²) in [7, 11) is 0. The highest BCUT2D eigenvalue weighted by atomic mass is 16.5. The molecule has 0 aliphatic heterocycles. The summed E-state index contributed by atoms with van der Waals surface area (Å²) >= 11 is 0. The second-order valence-electron chi connectivity index (χ2n) is 5.55. The second kappa shape index (κ2) is 14.2. The lowest BCUT2D eigenvalue weighted by atomic mass is 10.0. The van der Waals surface area contributed by atoms with Crippen molar-refractivity contribution in [3.05, 3.63) is 0 Å². The predicted molar refractivity (Wildman–Crippen MR) is 92.9 cm³/mol. The molecule has 24 heavy (non-hydrogen) atoms. The van der Waals surface area contributed by atoms with Crippen LogP contribution in [-0.2, 0) is 23.8 Å². The van der Waals surface area contributed by atoms with E-state index in [1.54, 1.807) is 0 Å². The largest absolute Gasteiger partial charge is 0.379 e. The number of amides is 2. The fourth-order valence-corrected chi connectivity index (χ4v) is 2.18. The molecule has 0 unspecified atom stereocenters. The summed E-state index contributed by atoms with van der Waals surface area (Å²) in [6, 6.07) is 0. The van der Waals surface area contributed by atoms with E-state index in [9.17, 15) is 9.59 Å². The van der Waals surface area contributed by atoms with Gasteiger partial charge in [0.2, 0.25) is 11.8 Å². The van der Waals surface area contributed by atoms with Crippen LogP contribution in [0.2, 0.25) is 0 Å². The van der Waals surface area contributed by atoms with E-state index in [-0.39, 0.29) is 18.2 Å². The van der Waals surface area contributed by atoms with E-state index < -0.39 is 5.54 Å². The van der Waals surface area contributed by atoms with Gasteiger partial charge in [0.1, 0.15) is 5.54 Å². The molecule has 0 atom stereocenters. The molecule has 0 aromatic heterocycles. The maximum atomic E-state index is 12.3. The highest BCUT2D eigenvalue weighted by molar-refractivity contribution is 5.79. The molecule has 0 fully saturated rings. The lowest BCUT2D eigenvalue weighted by Crippen LogP contribution is -2.58. The number of hydrogen-bond acceptors (Lipinski definition) is 5. The van der Waals surface area contributed by atoms with Crippen LogP contribution < -0.4 is 10.6 Å². The summed E-state index contributed by atoms with van der Waals surface area (Å²) < 4.78 is 16.6. The van der Waals surface area contributed by atoms with Gasteiger partial charge in [0, 0.05) is 39.2 Å². The Labute approximate surface area is 145 Å². The molecule has 7 nitrogen and oxygen atoms in total. The SMILES string of the molecule is CCNC(=O)CCCC(=O)NC(COCC)(COCC)COCC. The molecule has 7 heteroatoms. The third-order valence-corrected chi connectivity index (χ3v) is 3.33. The number of rotatable bonds is 15. The number of ether oxygens (including phenoxy) is 3. The molecule has 0 spiro atoms. The normalized spacial score (nSPS) is 11.3. The van der Waals surface area contributed by atoms with Crippen LogP contribution in [0, 0.1) is 0 Å². The Hall–Kier alpha value is -1.18. The molecule has 0 aliphatic carbocycles. The first-order chi connectivity index (χ1) is 11.5. The molecule has 0 heterocycles. The lowest BCUT2D eigenvalue weighted by Gasteiger charge is -2.34. The first-order valence-corrected chi connectivity index (χ1v) is 8.84. The number of carbonyl (C=O) groups is 2. The summed E-state index contributed by atoms with van der Waals surface area (Å²) in [5.41, 5.74) is -0.704. The molecule has 2 amide bonds. The summed E-state index contributed by atoms with van der Waals surface area (Å²) in [5.74, 6) is -0.159. The predicted octanol–water partition coefficient (Wildman–Crippen LogP) is 1.26. The first-order valence-electron chi connectivity index (χ1n) is 8.84. The van der Waals surface area contributed by atoms with Gasteiger partial charge in [0.25, 0.3) is 0 Å². The van der Waals surface area contributed by atoms with Crippen molar-refractivity contribution in [2.24, 2.45) is 0 Å². The van der Waals surface area contributed by atoms with Gasteiger partial charge in [-0.2, -0.15) is 0 Å². The van der Waals surface area contributed by atoms with Gasteiger partial charge in [0.15, 0.2) is 0 Å². The van der Waals surface area contributed by atoms with Crippen LogP contribution in [0.5, 0.6) is 0 Å². The van der Waals surface area contributed by atoms with Crippen LogP contribution in [0.4, 0.5) is 0 Å². The van der Waals surface area contributed by atoms with Crippen LogP contribution in [-0.4, -0.2) is 63.5 Å². The van der Waals surface area contributed by atoms with E-state index in [1.807, 2.05) is 27.7 Å². The summed E-state index contributed by atoms with van der Waals surface area (Å²) in [5, 5.41) is 5.72. The summed E-state index contributed by atoms with van der Waals surface area (Å²) in [6.45, 7) is 10.8. The van der Waals surface area contributed by atoms with E-state index >= 15 is 0 Å². The molecule has 0 aliphatic rings. The van der Waals surface area contributed by atoms with Gasteiger partial charge in [-0.3, -0.25) is 9.59 Å². The summed E-state index contributed by atoms with van der Waals surface area (Å²) in [6.07, 6.45) is 1.13. The number of hydrogen-bond donors (Lipinski definition) is 2. The Morgan fingerprint density at radius 2 is 1.25 bits per heavy atom. The minimum atomic E-state index is -0.704. The zero-order valence-electron chi connectivity index (χ0n) is 15.6. The summed E-state index contributed by atoms with van der Waals surface area (Å²) in [4.78, 5) is 23.7. The van der Waals surface area contributed by atoms with Crippen molar-refractivity contribution in [1.82, 2.24) is 10.6 Å². The van der Waals surface area contributed by atoms with Crippen molar-refractivity contribution in [3.63, 3.8) is 0 Å². The molecular weight excluding hydrogens is 312 g/mol. The molecule has 0 aromatic carbocycles. The van der Waals surface area contributed by atoms with E-state index in [2.05, 4.69) is 10.6 Å². The molecule has 0 bridgehead atoms. The third-order valence-electron chi connectivity index (χ3n) is 3.33. The van der Waals surface area contributed by atoms with Crippen LogP contribution in [0.15, 0.2) is 0 Å². The molecule has 0 saturated carbocycles. The van der Waals surface area contributed by atoms with Gasteiger partial charge in [-0.1, -0.05) is 0 Å². The quantitative estimate of drug-likeness (QED) is 0.466. The molecule has 0 rings (SSSR count). The Bertz CT molecular complexity index is 328. The number of nitrogens with one attached hydrogen (secondary N) is 2. The van der Waals surface area contributed by atoms with Gasteiger partial charge in [0.05, 0.1) is 19.8 Å². The van der Waals surface area contributed by atoms with Crippen molar-refractivity contribution in [2.45, 2.75) is 52.5 Å². The van der Waals surface area contributed by atoms with Crippen molar-refractivity contribution >= 4 is 11.8 Å². The zero-order valence-corrected chi connectivity index (χ0v) is 15.6. The fourth-order valence-electron chi connectivity index (χ4n) is 2.18. The molecule has 0 radical (unpaired) electrons. The first kappa shape index (κ1) is 22.8. The van der Waals surface area contributed by atoms with E-state index in [0.717, 1.165) is 0 Å². The second-order valence-corrected chi connectivity index (χ2v) is 5.55. The third kappa shape index (κ3) is 10.6. The Balaban J connectivity index is 4.61. The van der Waals surface area contributed by atoms with Gasteiger partial charge < -0.3 is 24.8 Å². The maximum Gasteiger partial charge on any atom is 0.220 e. The highest BCUT2D eigenvalue weighted by Crippen LogP contribution is 2.10. The Morgan fingerprint density at radius 1 is 0.792 bits per heavy atom. The van der Waals surface area contributed by atoms with Gasteiger partial charge in [-0.25, -0.2) is 0 Å². The Morgan fingerprint density at radius 3 is 1.67 bits per heavy atom. The molecule has 2 N–H and O–H groups in total. The van der Waals surface area contributed by atoms with Crippen molar-refractivity contribution in [1.29, 1.82) is 0 Å². The Kier molecular flexibility index (Phi) is 13.5. The minimum Gasteiger partial charge on any atom is -0.379 e. The average Bonchev–Trinajstić information content (AvgIpc) is 2.56. The average molecular weight is 346 g/mol. The lowest BCUT2D eigenvalue weighted by molar-refractivity contribution is -0.127. The van der Waals surface area contributed by atoms with Crippen molar-refractivity contribution < 1.29 is 23.8 Å². The van der Waals surface area contributed by atoms with Gasteiger partial charge in [-0.15, -0.1) is 0 Å². The van der Waals surface area contributed by atoms with Crippen LogP contribution in [0.25, 0.3) is 0 Å². The standard InChI is InChI=1S/C17H34N2O5/c1-5-18-15(20)10-9-11-16(21)19-17(12-22-6-2,13-23-7-3)14-24-8-4/h5-14H2,1-4H3,(H,18,20)(H,19,21). The number of carbonyl (C=O) groups excluding carboxylic acids is 2. The topological polar surface area (TPSA) is 85.9 Å². The van der Waals surface area contributed by atoms with Crippen LogP contribution >= 0.6 is 0 Å². The monoisotopic (exact) mass is 346 g/mol. The maximum absolute atomic E-state index is 12.3. The fraction of sp³-hybridized carbons (Fsp3) is 0.882. The van der Waals surface area contributed by atoms with E-state index in [4.69, 9.17) is 14.2 Å². The van der Waals surface area contributed by atoms with Crippen LogP contribution in [0.1, 0.15) is 47.0 Å². The van der Waals surface area contributed by atoms with E-state index in [0.29, 0.717) is 59.0 Å². The molecule has 142 valence electrons. The minimum absolute atomic E-state index is 0.0329.